The number of hydrogen-bond acceptors (Lipinski definition) is 3. The van der Waals surface area contributed by atoms with E-state index in [2.05, 4.69) is 0 Å². The van der Waals surface area contributed by atoms with Crippen molar-refractivity contribution in [3.63, 3.8) is 0 Å². The van der Waals surface area contributed by atoms with Crippen LogP contribution < -0.4 is 0 Å². The molecular weight excluding hydrogens is 222 g/mol. The highest BCUT2D eigenvalue weighted by Crippen LogP contribution is 2.00. The molecule has 0 atom stereocenters. The number of benzene rings is 1. The van der Waals surface area contributed by atoms with Crippen molar-refractivity contribution in [2.45, 2.75) is 6.42 Å². The molecule has 0 N–H and O–H groups in total. The quantitative estimate of drug-likeness (QED) is 0.745. The molecule has 0 aliphatic rings. The highest BCUT2D eigenvalue weighted by Gasteiger charge is 2.06. The summed E-state index contributed by atoms with van der Waals surface area (Å²) in [6, 6.07) is 9.58. The number of rotatable bonds is 4. The molecule has 0 radical (unpaired) electrons. The Hall–Kier alpha value is -1.42. The van der Waals surface area contributed by atoms with Gasteiger partial charge in [0.1, 0.15) is 6.61 Å². The van der Waals surface area contributed by atoms with Crippen LogP contribution in [0, 0.1) is 0 Å². The zero-order valence-electron chi connectivity index (χ0n) is 9.47. The SMILES string of the molecule is CN(C)C(=S)OCC(=O)Cc1ccccc1. The van der Waals surface area contributed by atoms with Crippen LogP contribution in [-0.4, -0.2) is 36.6 Å². The van der Waals surface area contributed by atoms with Gasteiger partial charge in [-0.25, -0.2) is 0 Å². The van der Waals surface area contributed by atoms with Crippen LogP contribution in [0.2, 0.25) is 0 Å². The van der Waals surface area contributed by atoms with E-state index in [9.17, 15) is 4.79 Å². The van der Waals surface area contributed by atoms with E-state index in [1.54, 1.807) is 19.0 Å². The number of thiocarbonyl (C=S) groups is 1. The Balaban J connectivity index is 2.35. The third-order valence-electron chi connectivity index (χ3n) is 1.97. The summed E-state index contributed by atoms with van der Waals surface area (Å²) < 4.78 is 5.15. The molecule has 0 aliphatic carbocycles. The zero-order valence-corrected chi connectivity index (χ0v) is 10.3. The van der Waals surface area contributed by atoms with Gasteiger partial charge in [0.05, 0.1) is 0 Å². The molecule has 0 aliphatic heterocycles. The van der Waals surface area contributed by atoms with Gasteiger partial charge in [-0.3, -0.25) is 4.79 Å². The Kier molecular flexibility index (Phi) is 4.92. The molecule has 0 saturated carbocycles. The Labute approximate surface area is 101 Å². The molecule has 0 saturated heterocycles. The van der Waals surface area contributed by atoms with Crippen LogP contribution in [0.1, 0.15) is 5.56 Å². The molecule has 3 nitrogen and oxygen atoms in total. The molecule has 0 aromatic heterocycles. The van der Waals surface area contributed by atoms with Crippen LogP contribution in [0.25, 0.3) is 0 Å². The predicted molar refractivity (Wildman–Crippen MR) is 67.4 cm³/mol. The highest BCUT2D eigenvalue weighted by atomic mass is 32.1. The van der Waals surface area contributed by atoms with Crippen molar-refractivity contribution in [3.8, 4) is 0 Å². The van der Waals surface area contributed by atoms with Gasteiger partial charge in [0.15, 0.2) is 5.78 Å². The second kappa shape index (κ2) is 6.23. The van der Waals surface area contributed by atoms with E-state index >= 15 is 0 Å². The lowest BCUT2D eigenvalue weighted by atomic mass is 10.1. The number of ether oxygens (including phenoxy) is 1. The molecule has 0 spiro atoms. The molecule has 4 heteroatoms. The molecular formula is C12H15NO2S. The Morgan fingerprint density at radius 2 is 1.94 bits per heavy atom. The van der Waals surface area contributed by atoms with Gasteiger partial charge in [-0.05, 0) is 17.8 Å². The topological polar surface area (TPSA) is 29.5 Å². The predicted octanol–water partition coefficient (Wildman–Crippen LogP) is 1.66. The molecule has 0 fully saturated rings. The number of ketones is 1. The Bertz CT molecular complexity index is 363. The number of Topliss-reactive ketones (excluding diaryl/α,β-unsaturated/α-hetero) is 1. The standard InChI is InChI=1S/C12H15NO2S/c1-13(2)12(16)15-9-11(14)8-10-6-4-3-5-7-10/h3-7H,8-9H2,1-2H3. The Morgan fingerprint density at radius 1 is 1.31 bits per heavy atom. The minimum absolute atomic E-state index is 0.0235. The van der Waals surface area contributed by atoms with Crippen LogP contribution in [-0.2, 0) is 16.0 Å². The van der Waals surface area contributed by atoms with Crippen molar-refractivity contribution in [1.29, 1.82) is 0 Å². The number of nitrogens with zero attached hydrogens (tertiary/aromatic N) is 1. The van der Waals surface area contributed by atoms with E-state index in [1.165, 1.54) is 0 Å². The van der Waals surface area contributed by atoms with E-state index in [4.69, 9.17) is 17.0 Å². The maximum Gasteiger partial charge on any atom is 0.259 e. The van der Waals surface area contributed by atoms with Gasteiger partial charge in [-0.2, -0.15) is 0 Å². The highest BCUT2D eigenvalue weighted by molar-refractivity contribution is 7.80. The summed E-state index contributed by atoms with van der Waals surface area (Å²) in [5, 5.41) is 0.335. The first kappa shape index (κ1) is 12.6. The van der Waals surface area contributed by atoms with Crippen molar-refractivity contribution >= 4 is 23.2 Å². The molecule has 0 amide bonds. The molecule has 1 rings (SSSR count). The fourth-order valence-electron chi connectivity index (χ4n) is 1.15. The summed E-state index contributed by atoms with van der Waals surface area (Å²) in [4.78, 5) is 13.2. The van der Waals surface area contributed by atoms with E-state index in [0.717, 1.165) is 5.56 Å². The van der Waals surface area contributed by atoms with Crippen molar-refractivity contribution in [1.82, 2.24) is 4.90 Å². The average molecular weight is 237 g/mol. The van der Waals surface area contributed by atoms with Gasteiger partial charge in [-0.15, -0.1) is 0 Å². The normalized spacial score (nSPS) is 9.62. The second-order valence-electron chi connectivity index (χ2n) is 3.65. The molecule has 0 heterocycles. The zero-order chi connectivity index (χ0) is 12.0. The lowest BCUT2D eigenvalue weighted by molar-refractivity contribution is -0.120. The van der Waals surface area contributed by atoms with Gasteiger partial charge in [0.25, 0.3) is 5.17 Å². The summed E-state index contributed by atoms with van der Waals surface area (Å²) >= 11 is 4.91. The summed E-state index contributed by atoms with van der Waals surface area (Å²) in [6.45, 7) is 0.0336. The largest absolute Gasteiger partial charge is 0.463 e. The van der Waals surface area contributed by atoms with Crippen molar-refractivity contribution < 1.29 is 9.53 Å². The number of carbonyl (C=O) groups excluding carboxylic acids is 1. The lowest BCUT2D eigenvalue weighted by Gasteiger charge is -2.13. The monoisotopic (exact) mass is 237 g/mol. The van der Waals surface area contributed by atoms with Gasteiger partial charge in [-0.1, -0.05) is 30.3 Å². The molecule has 0 unspecified atom stereocenters. The van der Waals surface area contributed by atoms with Crippen LogP contribution in [0.5, 0.6) is 0 Å². The number of hydrogen-bond donors (Lipinski definition) is 0. The Morgan fingerprint density at radius 3 is 2.50 bits per heavy atom. The van der Waals surface area contributed by atoms with E-state index in [1.807, 2.05) is 30.3 Å². The maximum absolute atomic E-state index is 11.5. The van der Waals surface area contributed by atoms with Crippen molar-refractivity contribution in [3.05, 3.63) is 35.9 Å². The maximum atomic E-state index is 11.5. The van der Waals surface area contributed by atoms with Crippen LogP contribution >= 0.6 is 12.2 Å². The van der Waals surface area contributed by atoms with Gasteiger partial charge in [0.2, 0.25) is 0 Å². The van der Waals surface area contributed by atoms with Crippen LogP contribution in [0.3, 0.4) is 0 Å². The van der Waals surface area contributed by atoms with Crippen LogP contribution in [0.4, 0.5) is 0 Å². The first-order valence-electron chi connectivity index (χ1n) is 4.99. The summed E-state index contributed by atoms with van der Waals surface area (Å²) in [5.41, 5.74) is 0.992. The van der Waals surface area contributed by atoms with E-state index in [-0.39, 0.29) is 12.4 Å². The number of carbonyl (C=O) groups is 1. The summed E-state index contributed by atoms with van der Waals surface area (Å²) in [7, 11) is 3.56. The molecule has 1 aromatic rings. The van der Waals surface area contributed by atoms with Crippen molar-refractivity contribution in [2.24, 2.45) is 0 Å². The summed E-state index contributed by atoms with van der Waals surface area (Å²) in [6.07, 6.45) is 0.386. The minimum atomic E-state index is 0.0235. The fraction of sp³-hybridized carbons (Fsp3) is 0.333. The van der Waals surface area contributed by atoms with Gasteiger partial charge in [0, 0.05) is 20.5 Å². The molecule has 86 valence electrons. The molecule has 0 bridgehead atoms. The summed E-state index contributed by atoms with van der Waals surface area (Å²) in [5.74, 6) is 0.0235. The third kappa shape index (κ3) is 4.40. The van der Waals surface area contributed by atoms with E-state index < -0.39 is 0 Å². The minimum Gasteiger partial charge on any atom is -0.463 e. The second-order valence-corrected chi connectivity index (χ2v) is 4.00. The van der Waals surface area contributed by atoms with Gasteiger partial charge >= 0.3 is 0 Å². The molecule has 1 aromatic carbocycles. The van der Waals surface area contributed by atoms with E-state index in [0.29, 0.717) is 11.6 Å². The van der Waals surface area contributed by atoms with Crippen molar-refractivity contribution in [2.75, 3.05) is 20.7 Å². The first-order chi connectivity index (χ1) is 7.59. The third-order valence-corrected chi connectivity index (χ3v) is 2.45. The average Bonchev–Trinajstić information content (AvgIpc) is 2.27. The lowest BCUT2D eigenvalue weighted by Crippen LogP contribution is -2.25. The van der Waals surface area contributed by atoms with Crippen LogP contribution in [0.15, 0.2) is 30.3 Å². The smallest absolute Gasteiger partial charge is 0.259 e. The fourth-order valence-corrected chi connectivity index (χ4v) is 1.20. The van der Waals surface area contributed by atoms with Gasteiger partial charge < -0.3 is 9.64 Å². The first-order valence-corrected chi connectivity index (χ1v) is 5.40. The molecule has 16 heavy (non-hydrogen) atoms.